The number of aromatic nitrogens is 1. The molecule has 9 aromatic rings. The number of hydrogen-bond acceptors (Lipinski definition) is 5. The lowest BCUT2D eigenvalue weighted by Crippen LogP contribution is -2.18. The number of nitrogens with zero attached hydrogens (tertiary/aromatic N) is 2. The fraction of sp³-hybridized carbons (Fsp3) is 0.133. The monoisotopic (exact) mass is 866 g/mol. The SMILES string of the molecule is C=CCN(c1ccccc1C(=C)C=C)c1cc(C)cc(-c2c(OCCCCOc3ccc4ccccc4c3-c3cc(C)cc(-n4cc(C)c5ccccc54)c3O)ccc3ccccc23)c1O. The number of rotatable bonds is 16. The first-order chi connectivity index (χ1) is 32.2. The molecule has 2 N–H and O–H groups in total. The first-order valence-electron chi connectivity index (χ1n) is 22.5. The molecule has 1 aromatic heterocycles. The van der Waals surface area contributed by atoms with E-state index >= 15 is 0 Å². The van der Waals surface area contributed by atoms with Gasteiger partial charge in [0.15, 0.2) is 0 Å². The molecule has 0 aliphatic rings. The van der Waals surface area contributed by atoms with E-state index in [4.69, 9.17) is 9.47 Å². The third-order valence-electron chi connectivity index (χ3n) is 12.4. The summed E-state index contributed by atoms with van der Waals surface area (Å²) in [6.45, 7) is 19.8. The van der Waals surface area contributed by atoms with Gasteiger partial charge in [0, 0.05) is 51.6 Å². The second-order valence-electron chi connectivity index (χ2n) is 16.9. The Balaban J connectivity index is 0.990. The number of ether oxygens (including phenoxy) is 2. The molecule has 0 atom stereocenters. The van der Waals surface area contributed by atoms with E-state index in [1.807, 2.05) is 110 Å². The van der Waals surface area contributed by atoms with Crippen molar-refractivity contribution >= 4 is 49.4 Å². The number of phenols is 2. The molecular formula is C60H54N2O4. The largest absolute Gasteiger partial charge is 0.505 e. The van der Waals surface area contributed by atoms with Crippen molar-refractivity contribution in [1.82, 2.24) is 4.57 Å². The summed E-state index contributed by atoms with van der Waals surface area (Å²) in [7, 11) is 0. The zero-order valence-electron chi connectivity index (χ0n) is 37.9. The lowest BCUT2D eigenvalue weighted by atomic mass is 9.94. The van der Waals surface area contributed by atoms with Gasteiger partial charge in [0.25, 0.3) is 0 Å². The second kappa shape index (κ2) is 18.6. The molecule has 0 saturated heterocycles. The maximum absolute atomic E-state index is 12.4. The second-order valence-corrected chi connectivity index (χ2v) is 16.9. The number of unbranched alkanes of at least 4 members (excludes halogenated alkanes) is 1. The van der Waals surface area contributed by atoms with Crippen LogP contribution in [0.15, 0.2) is 184 Å². The summed E-state index contributed by atoms with van der Waals surface area (Å²) in [5.41, 5.74) is 11.3. The van der Waals surface area contributed by atoms with Crippen LogP contribution in [-0.2, 0) is 0 Å². The molecule has 66 heavy (non-hydrogen) atoms. The predicted octanol–water partition coefficient (Wildman–Crippen LogP) is 15.4. The molecule has 0 radical (unpaired) electrons. The van der Waals surface area contributed by atoms with Gasteiger partial charge in [-0.3, -0.25) is 0 Å². The average molecular weight is 867 g/mol. The molecule has 0 bridgehead atoms. The van der Waals surface area contributed by atoms with Crippen molar-refractivity contribution in [1.29, 1.82) is 0 Å². The Hall–Kier alpha value is -7.96. The molecule has 0 aliphatic carbocycles. The van der Waals surface area contributed by atoms with E-state index in [0.717, 1.165) is 101 Å². The van der Waals surface area contributed by atoms with Crippen molar-refractivity contribution in [3.8, 4) is 50.9 Å². The first-order valence-corrected chi connectivity index (χ1v) is 22.5. The minimum absolute atomic E-state index is 0.144. The van der Waals surface area contributed by atoms with Crippen molar-refractivity contribution in [2.24, 2.45) is 0 Å². The van der Waals surface area contributed by atoms with Crippen LogP contribution in [0.25, 0.3) is 66.0 Å². The Kier molecular flexibility index (Phi) is 12.2. The normalized spacial score (nSPS) is 11.3. The maximum atomic E-state index is 12.4. The highest BCUT2D eigenvalue weighted by Crippen LogP contribution is 2.48. The average Bonchev–Trinajstić information content (AvgIpc) is 3.68. The Morgan fingerprint density at radius 3 is 1.77 bits per heavy atom. The fourth-order valence-corrected chi connectivity index (χ4v) is 9.25. The van der Waals surface area contributed by atoms with Gasteiger partial charge in [-0.05, 0) is 126 Å². The van der Waals surface area contributed by atoms with E-state index in [0.29, 0.717) is 42.5 Å². The summed E-state index contributed by atoms with van der Waals surface area (Å²) < 4.78 is 15.4. The number of anilines is 2. The van der Waals surface area contributed by atoms with Crippen LogP contribution in [0.3, 0.4) is 0 Å². The highest BCUT2D eigenvalue weighted by molar-refractivity contribution is 6.04. The molecule has 0 saturated carbocycles. The third-order valence-corrected chi connectivity index (χ3v) is 12.4. The van der Waals surface area contributed by atoms with Crippen LogP contribution in [0.4, 0.5) is 11.4 Å². The highest BCUT2D eigenvalue weighted by Gasteiger charge is 2.24. The van der Waals surface area contributed by atoms with E-state index in [1.54, 1.807) is 6.08 Å². The minimum Gasteiger partial charge on any atom is -0.505 e. The van der Waals surface area contributed by atoms with Gasteiger partial charge >= 0.3 is 0 Å². The predicted molar refractivity (Wildman–Crippen MR) is 276 cm³/mol. The van der Waals surface area contributed by atoms with Crippen molar-refractivity contribution in [2.75, 3.05) is 24.7 Å². The van der Waals surface area contributed by atoms with Crippen molar-refractivity contribution in [2.45, 2.75) is 33.6 Å². The Morgan fingerprint density at radius 1 is 0.606 bits per heavy atom. The first kappa shape index (κ1) is 43.3. The quantitative estimate of drug-likeness (QED) is 0.0575. The number of aryl methyl sites for hydroxylation is 3. The minimum atomic E-state index is 0.144. The maximum Gasteiger partial charge on any atom is 0.147 e. The number of aromatic hydroxyl groups is 2. The van der Waals surface area contributed by atoms with E-state index in [-0.39, 0.29) is 11.5 Å². The summed E-state index contributed by atoms with van der Waals surface area (Å²) in [5.74, 6) is 1.74. The molecular weight excluding hydrogens is 813 g/mol. The highest BCUT2D eigenvalue weighted by atomic mass is 16.5. The fourth-order valence-electron chi connectivity index (χ4n) is 9.25. The summed E-state index contributed by atoms with van der Waals surface area (Å²) in [4.78, 5) is 2.07. The van der Waals surface area contributed by atoms with Gasteiger partial charge in [-0.15, -0.1) is 6.58 Å². The molecule has 0 amide bonds. The van der Waals surface area contributed by atoms with Crippen LogP contribution in [0.2, 0.25) is 0 Å². The molecule has 0 unspecified atom stereocenters. The van der Waals surface area contributed by atoms with Gasteiger partial charge in [0.2, 0.25) is 0 Å². The number of hydrogen-bond donors (Lipinski definition) is 2. The molecule has 0 spiro atoms. The standard InChI is InChI=1S/C60H54N2O4/c1-7-31-61(51-25-15-13-21-45(51)41(5)8-2)53-36-39(3)34-49(59(53)63)57-47-23-11-9-19-43(47)27-29-55(57)65-32-17-18-33-66-56-30-28-44-20-10-12-24-48(44)58(56)50-35-40(4)37-54(60(50)64)62-38-42(6)46-22-14-16-26-52(46)62/h7-16,19-30,34-38,63-64H,1-2,5,17-18,31-33H2,3-4,6H3. The van der Waals surface area contributed by atoms with Gasteiger partial charge in [0.1, 0.15) is 23.0 Å². The smallest absolute Gasteiger partial charge is 0.147 e. The van der Waals surface area contributed by atoms with Crippen molar-refractivity contribution in [3.05, 3.63) is 206 Å². The lowest BCUT2D eigenvalue weighted by Gasteiger charge is -2.28. The van der Waals surface area contributed by atoms with Crippen molar-refractivity contribution in [3.63, 3.8) is 0 Å². The molecule has 0 fully saturated rings. The summed E-state index contributed by atoms with van der Waals surface area (Å²) in [6.07, 6.45) is 7.12. The Bertz CT molecular complexity index is 3320. The van der Waals surface area contributed by atoms with E-state index in [2.05, 4.69) is 97.8 Å². The zero-order valence-corrected chi connectivity index (χ0v) is 37.9. The number of benzene rings is 8. The van der Waals surface area contributed by atoms with Gasteiger partial charge in [0.05, 0.1) is 30.1 Å². The van der Waals surface area contributed by atoms with Gasteiger partial charge in [-0.25, -0.2) is 0 Å². The molecule has 9 rings (SSSR count). The number of phenolic OH excluding ortho intramolecular Hbond substituents is 2. The van der Waals surface area contributed by atoms with Crippen LogP contribution < -0.4 is 14.4 Å². The Morgan fingerprint density at radius 2 is 1.15 bits per heavy atom. The molecule has 328 valence electrons. The molecule has 1 heterocycles. The van der Waals surface area contributed by atoms with Crippen LogP contribution >= 0.6 is 0 Å². The van der Waals surface area contributed by atoms with Crippen LogP contribution in [0.1, 0.15) is 35.1 Å². The molecule has 8 aromatic carbocycles. The molecule has 0 aliphatic heterocycles. The number of para-hydroxylation sites is 2. The Labute approximate surface area is 387 Å². The van der Waals surface area contributed by atoms with E-state index in [1.165, 1.54) is 0 Å². The summed E-state index contributed by atoms with van der Waals surface area (Å²) in [6, 6.07) is 49.0. The van der Waals surface area contributed by atoms with E-state index in [9.17, 15) is 10.2 Å². The number of fused-ring (bicyclic) bond motifs is 3. The van der Waals surface area contributed by atoms with Crippen LogP contribution in [-0.4, -0.2) is 34.5 Å². The van der Waals surface area contributed by atoms with Gasteiger partial charge in [-0.2, -0.15) is 0 Å². The van der Waals surface area contributed by atoms with Crippen LogP contribution in [0.5, 0.6) is 23.0 Å². The topological polar surface area (TPSA) is 67.1 Å². The van der Waals surface area contributed by atoms with Crippen LogP contribution in [0, 0.1) is 20.8 Å². The molecule has 6 heteroatoms. The van der Waals surface area contributed by atoms with Gasteiger partial charge in [-0.1, -0.05) is 122 Å². The van der Waals surface area contributed by atoms with E-state index < -0.39 is 0 Å². The number of allylic oxidation sites excluding steroid dienone is 2. The lowest BCUT2D eigenvalue weighted by molar-refractivity contribution is 0.268. The summed E-state index contributed by atoms with van der Waals surface area (Å²) in [5, 5.41) is 29.8. The van der Waals surface area contributed by atoms with Gasteiger partial charge < -0.3 is 29.2 Å². The zero-order chi connectivity index (χ0) is 45.9. The molecule has 6 nitrogen and oxygen atoms in total. The third kappa shape index (κ3) is 8.18. The van der Waals surface area contributed by atoms with Crippen molar-refractivity contribution < 1.29 is 19.7 Å². The summed E-state index contributed by atoms with van der Waals surface area (Å²) >= 11 is 0.